The molecule has 0 heterocycles. The summed E-state index contributed by atoms with van der Waals surface area (Å²) in [5.74, 6) is -43.8. The highest BCUT2D eigenvalue weighted by atomic mass is 19.4. The first-order valence-corrected chi connectivity index (χ1v) is 7.27. The zero-order valence-corrected chi connectivity index (χ0v) is 14.4. The van der Waals surface area contributed by atoms with Crippen molar-refractivity contribution in [3.8, 4) is 0 Å². The van der Waals surface area contributed by atoms with E-state index in [4.69, 9.17) is 0 Å². The van der Waals surface area contributed by atoms with Crippen LogP contribution >= 0.6 is 0 Å². The van der Waals surface area contributed by atoms with Gasteiger partial charge in [0.25, 0.3) is 11.6 Å². The minimum atomic E-state index is -8.39. The molecule has 0 fully saturated rings. The Morgan fingerprint density at radius 2 is 1.06 bits per heavy atom. The van der Waals surface area contributed by atoms with Crippen LogP contribution < -0.4 is 5.32 Å². The molecule has 0 aliphatic carbocycles. The zero-order chi connectivity index (χ0) is 25.5. The van der Waals surface area contributed by atoms with Crippen molar-refractivity contribution in [2.75, 3.05) is 6.54 Å². The van der Waals surface area contributed by atoms with Crippen LogP contribution in [0.1, 0.15) is 0 Å². The van der Waals surface area contributed by atoms with E-state index in [1.54, 1.807) is 0 Å². The van der Waals surface area contributed by atoms with Crippen LogP contribution in [0.3, 0.4) is 0 Å². The molecule has 0 saturated heterocycles. The average molecular weight is 493 g/mol. The fourth-order valence-electron chi connectivity index (χ4n) is 1.89. The maximum absolute atomic E-state index is 14.5. The van der Waals surface area contributed by atoms with Gasteiger partial charge >= 0.3 is 35.8 Å². The highest BCUT2D eigenvalue weighted by molar-refractivity contribution is 5.88. The second-order valence-corrected chi connectivity index (χ2v) is 5.72. The summed E-state index contributed by atoms with van der Waals surface area (Å²) in [5.41, 5.74) is -6.23. The normalized spacial score (nSPS) is 17.5. The summed E-state index contributed by atoms with van der Waals surface area (Å²) in [7, 11) is 0. The minimum Gasteiger partial charge on any atom is -0.350 e. The van der Waals surface area contributed by atoms with E-state index in [0.29, 0.717) is 6.08 Å². The Morgan fingerprint density at radius 1 is 0.710 bits per heavy atom. The highest BCUT2D eigenvalue weighted by Gasteiger charge is 2.94. The lowest BCUT2D eigenvalue weighted by Crippen LogP contribution is -2.76. The van der Waals surface area contributed by atoms with Crippen molar-refractivity contribution in [2.24, 2.45) is 0 Å². The Hall–Kier alpha value is -2.10. The Balaban J connectivity index is 6.92. The first-order chi connectivity index (χ1) is 13.5. The van der Waals surface area contributed by atoms with Gasteiger partial charge in [-0.15, -0.1) is 13.2 Å². The number of amides is 1. The van der Waals surface area contributed by atoms with E-state index < -0.39 is 66.2 Å². The Morgan fingerprint density at radius 3 is 1.39 bits per heavy atom. The first kappa shape index (κ1) is 28.9. The van der Waals surface area contributed by atoms with E-state index in [2.05, 4.69) is 13.2 Å². The maximum Gasteiger partial charge on any atom is 0.460 e. The van der Waals surface area contributed by atoms with Gasteiger partial charge in [-0.1, -0.05) is 12.2 Å². The highest BCUT2D eigenvalue weighted by Crippen LogP contribution is 2.62. The Labute approximate surface area is 162 Å². The molecule has 0 rings (SSSR count). The van der Waals surface area contributed by atoms with Gasteiger partial charge in [0, 0.05) is 6.54 Å². The third kappa shape index (κ3) is 3.83. The van der Waals surface area contributed by atoms with Crippen molar-refractivity contribution in [2.45, 2.75) is 47.6 Å². The molecule has 2 unspecified atom stereocenters. The molecule has 0 aliphatic rings. The average Bonchev–Trinajstić information content (AvgIpc) is 2.62. The number of carbonyl (C=O) groups is 1. The maximum atomic E-state index is 14.5. The predicted molar refractivity (Wildman–Crippen MR) is 72.9 cm³/mol. The van der Waals surface area contributed by atoms with Crippen molar-refractivity contribution >= 4 is 5.91 Å². The first-order valence-electron chi connectivity index (χ1n) is 7.27. The van der Waals surface area contributed by atoms with E-state index in [9.17, 15) is 70.7 Å². The number of rotatable bonds is 10. The molecule has 2 nitrogen and oxygen atoms in total. The predicted octanol–water partition coefficient (Wildman–Crippen LogP) is 5.26. The lowest BCUT2D eigenvalue weighted by Gasteiger charge is -2.43. The number of hydrogen-bond acceptors (Lipinski definition) is 1. The molecule has 0 spiro atoms. The van der Waals surface area contributed by atoms with Crippen molar-refractivity contribution in [1.82, 2.24) is 5.32 Å². The lowest BCUT2D eigenvalue weighted by atomic mass is 9.82. The third-order valence-corrected chi connectivity index (χ3v) is 3.71. The lowest BCUT2D eigenvalue weighted by molar-refractivity contribution is -0.446. The van der Waals surface area contributed by atoms with Crippen LogP contribution in [0, 0.1) is 0 Å². The third-order valence-electron chi connectivity index (χ3n) is 3.71. The summed E-state index contributed by atoms with van der Waals surface area (Å²) in [5, 5.41) is 0.917. The largest absolute Gasteiger partial charge is 0.460 e. The Bertz CT molecular complexity index is 698. The molecule has 2 atom stereocenters. The molecule has 31 heavy (non-hydrogen) atoms. The summed E-state index contributed by atoms with van der Waals surface area (Å²) in [6.45, 7) is 3.97. The number of hydrogen-bond donors (Lipinski definition) is 1. The molecule has 1 amide bonds. The van der Waals surface area contributed by atoms with Crippen LogP contribution in [0.2, 0.25) is 0 Å². The minimum absolute atomic E-state index is 0.530. The number of halogens is 15. The van der Waals surface area contributed by atoms with Crippen molar-refractivity contribution < 1.29 is 70.7 Å². The molecule has 0 radical (unpaired) electrons. The van der Waals surface area contributed by atoms with Crippen molar-refractivity contribution in [3.05, 3.63) is 25.3 Å². The van der Waals surface area contributed by atoms with Gasteiger partial charge in [0.2, 0.25) is 0 Å². The van der Waals surface area contributed by atoms with Crippen molar-refractivity contribution in [1.29, 1.82) is 0 Å². The van der Waals surface area contributed by atoms with E-state index in [0.717, 1.165) is 5.32 Å². The summed E-state index contributed by atoms with van der Waals surface area (Å²) >= 11 is 0. The molecule has 0 aliphatic heterocycles. The molecule has 17 heteroatoms. The standard InChI is InChI=1S/C14H10F15NO/c1-3-5-30-7(31)8(16,6(15)4-2)9(17,18)10(19,20)11(21,22)12(23,24)13(25,26)14(27,28)29/h3-4,6H,1-2,5H2,(H,30,31). The molecule has 0 aromatic heterocycles. The molecule has 0 bridgehead atoms. The molecule has 0 aromatic carbocycles. The number of allylic oxidation sites excluding steroid dienone is 1. The summed E-state index contributed by atoms with van der Waals surface area (Å²) in [6, 6.07) is 0. The molecule has 182 valence electrons. The smallest absolute Gasteiger partial charge is 0.350 e. The zero-order valence-electron chi connectivity index (χ0n) is 14.4. The van der Waals surface area contributed by atoms with E-state index >= 15 is 0 Å². The van der Waals surface area contributed by atoms with E-state index in [1.165, 1.54) is 0 Å². The van der Waals surface area contributed by atoms with E-state index in [1.807, 2.05) is 0 Å². The van der Waals surface area contributed by atoms with Gasteiger partial charge in [0.1, 0.15) is 0 Å². The van der Waals surface area contributed by atoms with Gasteiger partial charge in [-0.05, 0) is 0 Å². The number of alkyl halides is 15. The molecule has 1 N–H and O–H groups in total. The van der Waals surface area contributed by atoms with Gasteiger partial charge in [-0.2, -0.15) is 57.1 Å². The van der Waals surface area contributed by atoms with Crippen LogP contribution in [0.25, 0.3) is 0 Å². The van der Waals surface area contributed by atoms with Gasteiger partial charge in [-0.25, -0.2) is 8.78 Å². The number of nitrogens with one attached hydrogen (secondary N) is 1. The summed E-state index contributed by atoms with van der Waals surface area (Å²) in [4.78, 5) is 11.5. The molecule has 0 saturated carbocycles. The fourth-order valence-corrected chi connectivity index (χ4v) is 1.89. The van der Waals surface area contributed by atoms with Crippen LogP contribution in [0.4, 0.5) is 65.9 Å². The fraction of sp³-hybridized carbons (Fsp3) is 0.643. The SMILES string of the molecule is C=CCNC(=O)C(F)(C(F)C=C)C(F)(F)C(F)(F)C(F)(F)C(F)(F)C(F)(F)C(F)(F)F. The van der Waals surface area contributed by atoms with Gasteiger partial charge in [0.05, 0.1) is 0 Å². The van der Waals surface area contributed by atoms with Crippen molar-refractivity contribution in [3.63, 3.8) is 0 Å². The summed E-state index contributed by atoms with van der Waals surface area (Å²) in [6.07, 6.45) is -12.2. The summed E-state index contributed by atoms with van der Waals surface area (Å²) < 4.78 is 199. The topological polar surface area (TPSA) is 29.1 Å². The van der Waals surface area contributed by atoms with Crippen LogP contribution in [0.15, 0.2) is 25.3 Å². The number of carbonyl (C=O) groups excluding carboxylic acids is 1. The van der Waals surface area contributed by atoms with Gasteiger partial charge < -0.3 is 5.32 Å². The van der Waals surface area contributed by atoms with Crippen LogP contribution in [0.5, 0.6) is 0 Å². The van der Waals surface area contributed by atoms with Crippen LogP contribution in [-0.4, -0.2) is 60.1 Å². The molecular weight excluding hydrogens is 483 g/mol. The molecular formula is C14H10F15NO. The monoisotopic (exact) mass is 493 g/mol. The second kappa shape index (κ2) is 8.11. The van der Waals surface area contributed by atoms with Gasteiger partial charge in [-0.3, -0.25) is 4.79 Å². The second-order valence-electron chi connectivity index (χ2n) is 5.72. The quantitative estimate of drug-likeness (QED) is 0.327. The Kier molecular flexibility index (Phi) is 7.56. The molecule has 0 aromatic rings. The van der Waals surface area contributed by atoms with Gasteiger partial charge in [0.15, 0.2) is 6.17 Å². The van der Waals surface area contributed by atoms with Crippen LogP contribution in [-0.2, 0) is 4.79 Å². The van der Waals surface area contributed by atoms with E-state index in [-0.39, 0.29) is 0 Å².